The fourth-order valence-electron chi connectivity index (χ4n) is 7.34. The minimum absolute atomic E-state index is 0.0527. The van der Waals surface area contributed by atoms with Gasteiger partial charge in [0.1, 0.15) is 12.7 Å². The lowest BCUT2D eigenvalue weighted by atomic mass is 9.76. The van der Waals surface area contributed by atoms with E-state index < -0.39 is 0 Å². The van der Waals surface area contributed by atoms with Crippen LogP contribution in [0.4, 0.5) is 0 Å². The predicted octanol–water partition coefficient (Wildman–Crippen LogP) is 4.71. The van der Waals surface area contributed by atoms with Crippen LogP contribution in [0.25, 0.3) is 0 Å². The zero-order valence-electron chi connectivity index (χ0n) is 18.2. The quantitative estimate of drug-likeness (QED) is 0.641. The van der Waals surface area contributed by atoms with Gasteiger partial charge in [0, 0.05) is 0 Å². The Morgan fingerprint density at radius 2 is 1.46 bits per heavy atom. The first kappa shape index (κ1) is 20.2. The summed E-state index contributed by atoms with van der Waals surface area (Å²) in [5.74, 6) is 7.46. The summed E-state index contributed by atoms with van der Waals surface area (Å²) in [5.41, 5.74) is 0. The van der Waals surface area contributed by atoms with E-state index in [-0.39, 0.29) is 37.0 Å². The van der Waals surface area contributed by atoms with Crippen molar-refractivity contribution in [3.8, 4) is 0 Å². The minimum atomic E-state index is -0.350. The monoisotopic (exact) mass is 390 g/mol. The van der Waals surface area contributed by atoms with Crippen molar-refractivity contribution >= 4 is 11.9 Å². The molecular formula is C24H38O4. The summed E-state index contributed by atoms with van der Waals surface area (Å²) < 4.78 is 10.2. The van der Waals surface area contributed by atoms with Gasteiger partial charge in [-0.2, -0.15) is 0 Å². The largest absolute Gasteiger partial charge is 0.462 e. The van der Waals surface area contributed by atoms with E-state index >= 15 is 0 Å². The van der Waals surface area contributed by atoms with Crippen LogP contribution in [0, 0.1) is 59.2 Å². The third-order valence-electron chi connectivity index (χ3n) is 9.54. The van der Waals surface area contributed by atoms with E-state index in [9.17, 15) is 9.59 Å². The molecule has 0 amide bonds. The van der Waals surface area contributed by atoms with E-state index in [4.69, 9.17) is 9.47 Å². The van der Waals surface area contributed by atoms with Crippen molar-refractivity contribution in [1.29, 1.82) is 0 Å². The number of cyclic esters (lactones) is 1. The Balaban J connectivity index is 0.000000162. The summed E-state index contributed by atoms with van der Waals surface area (Å²) >= 11 is 0. The highest BCUT2D eigenvalue weighted by atomic mass is 16.6. The highest BCUT2D eigenvalue weighted by molar-refractivity contribution is 5.76. The fraction of sp³-hybridized carbons (Fsp3) is 0.917. The number of hydrogen-bond acceptors (Lipinski definition) is 4. The minimum Gasteiger partial charge on any atom is -0.462 e. The Labute approximate surface area is 170 Å². The molecule has 4 aliphatic carbocycles. The molecule has 5 aliphatic rings. The number of carbonyl (C=O) groups is 2. The predicted molar refractivity (Wildman–Crippen MR) is 107 cm³/mol. The maximum atomic E-state index is 12.2. The Hall–Kier alpha value is -1.06. The number of hydrogen-bond donors (Lipinski definition) is 0. The number of rotatable bonds is 2. The molecule has 4 bridgehead atoms. The molecule has 11 unspecified atom stereocenters. The molecule has 1 heterocycles. The number of carbonyl (C=O) groups excluding carboxylic acids is 2. The van der Waals surface area contributed by atoms with Gasteiger partial charge >= 0.3 is 11.9 Å². The maximum Gasteiger partial charge on any atom is 0.309 e. The van der Waals surface area contributed by atoms with Crippen LogP contribution in [0.2, 0.25) is 0 Å². The lowest BCUT2D eigenvalue weighted by molar-refractivity contribution is -0.157. The van der Waals surface area contributed by atoms with Gasteiger partial charge in [0.05, 0.1) is 12.3 Å². The Kier molecular flexibility index (Phi) is 5.52. The second-order valence-electron chi connectivity index (χ2n) is 10.8. The molecule has 1 aliphatic heterocycles. The second-order valence-corrected chi connectivity index (χ2v) is 10.8. The molecule has 1 saturated heterocycles. The molecule has 0 radical (unpaired) electrons. The summed E-state index contributed by atoms with van der Waals surface area (Å²) in [5, 5.41) is 0. The second kappa shape index (κ2) is 7.65. The van der Waals surface area contributed by atoms with Crippen molar-refractivity contribution in [3.05, 3.63) is 0 Å². The molecule has 0 N–H and O–H groups in total. The average molecular weight is 391 g/mol. The molecule has 11 atom stereocenters. The Morgan fingerprint density at radius 1 is 0.857 bits per heavy atom. The van der Waals surface area contributed by atoms with Gasteiger partial charge in [-0.3, -0.25) is 9.59 Å². The molecule has 4 saturated carbocycles. The van der Waals surface area contributed by atoms with Gasteiger partial charge in [-0.1, -0.05) is 34.6 Å². The Morgan fingerprint density at radius 3 is 1.93 bits per heavy atom. The van der Waals surface area contributed by atoms with E-state index in [1.54, 1.807) is 6.42 Å². The van der Waals surface area contributed by atoms with Crippen molar-refractivity contribution in [2.24, 2.45) is 59.2 Å². The van der Waals surface area contributed by atoms with Gasteiger partial charge in [0.25, 0.3) is 0 Å². The first-order valence-corrected chi connectivity index (χ1v) is 11.6. The lowest BCUT2D eigenvalue weighted by Gasteiger charge is -2.30. The van der Waals surface area contributed by atoms with E-state index in [0.717, 1.165) is 41.9 Å². The van der Waals surface area contributed by atoms with Crippen molar-refractivity contribution in [2.75, 3.05) is 6.61 Å². The van der Waals surface area contributed by atoms with E-state index in [0.29, 0.717) is 17.8 Å². The van der Waals surface area contributed by atoms with Crippen LogP contribution in [0.1, 0.15) is 66.7 Å². The van der Waals surface area contributed by atoms with Crippen LogP contribution >= 0.6 is 0 Å². The maximum absolute atomic E-state index is 12.2. The first-order chi connectivity index (χ1) is 13.3. The Bertz CT molecular complexity index is 612. The molecule has 28 heavy (non-hydrogen) atoms. The van der Waals surface area contributed by atoms with E-state index in [1.165, 1.54) is 12.8 Å². The van der Waals surface area contributed by atoms with Crippen LogP contribution in [-0.2, 0) is 19.1 Å². The van der Waals surface area contributed by atoms with Gasteiger partial charge in [0.2, 0.25) is 0 Å². The summed E-state index contributed by atoms with van der Waals surface area (Å²) in [6.45, 7) is 12.1. The number of esters is 2. The van der Waals surface area contributed by atoms with Crippen LogP contribution in [-0.4, -0.2) is 24.6 Å². The molecule has 4 heteroatoms. The van der Waals surface area contributed by atoms with Gasteiger partial charge in [-0.05, 0) is 78.9 Å². The van der Waals surface area contributed by atoms with Crippen LogP contribution in [0.5, 0.6) is 0 Å². The zero-order chi connectivity index (χ0) is 20.2. The van der Waals surface area contributed by atoms with Crippen LogP contribution < -0.4 is 0 Å². The van der Waals surface area contributed by atoms with Crippen LogP contribution in [0.3, 0.4) is 0 Å². The average Bonchev–Trinajstić information content (AvgIpc) is 3.43. The van der Waals surface area contributed by atoms with Gasteiger partial charge in [-0.15, -0.1) is 0 Å². The molecule has 0 spiro atoms. The van der Waals surface area contributed by atoms with Crippen LogP contribution in [0.15, 0.2) is 0 Å². The SMILES string of the molecule is CC1C2CC(C(=O)OC3COC(=O)C3)C(C2)C1C.CC1CC2CC1C(C)C2C. The topological polar surface area (TPSA) is 52.6 Å². The first-order valence-electron chi connectivity index (χ1n) is 11.6. The highest BCUT2D eigenvalue weighted by Crippen LogP contribution is 2.55. The molecular weight excluding hydrogens is 352 g/mol. The summed E-state index contributed by atoms with van der Waals surface area (Å²) in [6, 6.07) is 0. The van der Waals surface area contributed by atoms with Crippen molar-refractivity contribution in [3.63, 3.8) is 0 Å². The molecule has 5 fully saturated rings. The molecule has 4 nitrogen and oxygen atoms in total. The smallest absolute Gasteiger partial charge is 0.309 e. The summed E-state index contributed by atoms with van der Waals surface area (Å²) in [7, 11) is 0. The third-order valence-corrected chi connectivity index (χ3v) is 9.54. The summed E-state index contributed by atoms with van der Waals surface area (Å²) in [6.07, 6.45) is 5.08. The summed E-state index contributed by atoms with van der Waals surface area (Å²) in [4.78, 5) is 23.1. The highest BCUT2D eigenvalue weighted by Gasteiger charge is 2.52. The van der Waals surface area contributed by atoms with Crippen molar-refractivity contribution in [2.45, 2.75) is 72.8 Å². The number of fused-ring (bicyclic) bond motifs is 4. The standard InChI is InChI=1S/C14H20O4.C10H18/c1-7-8(2)11-3-9(7)4-12(11)14(16)18-10-5-13(15)17-6-10;1-6-4-9-5-10(6)8(3)7(9)2/h7-12H,3-6H2,1-2H3;6-10H,4-5H2,1-3H3. The number of ether oxygens (including phenoxy) is 2. The normalized spacial score (nSPS) is 51.0. The van der Waals surface area contributed by atoms with E-state index in [1.807, 2.05) is 0 Å². The molecule has 0 aromatic carbocycles. The van der Waals surface area contributed by atoms with Gasteiger partial charge < -0.3 is 9.47 Å². The van der Waals surface area contributed by atoms with Gasteiger partial charge in [0.15, 0.2) is 0 Å². The van der Waals surface area contributed by atoms with E-state index in [2.05, 4.69) is 34.6 Å². The molecule has 5 rings (SSSR count). The molecule has 0 aromatic rings. The van der Waals surface area contributed by atoms with Gasteiger partial charge in [-0.25, -0.2) is 0 Å². The zero-order valence-corrected chi connectivity index (χ0v) is 18.2. The van der Waals surface area contributed by atoms with Crippen molar-refractivity contribution in [1.82, 2.24) is 0 Å². The fourth-order valence-corrected chi connectivity index (χ4v) is 7.34. The molecule has 0 aromatic heterocycles. The van der Waals surface area contributed by atoms with Crippen molar-refractivity contribution < 1.29 is 19.1 Å². The molecule has 158 valence electrons. The third kappa shape index (κ3) is 3.50. The lowest BCUT2D eigenvalue weighted by Crippen LogP contribution is -2.33.